The van der Waals surface area contributed by atoms with Gasteiger partial charge in [0, 0.05) is 19.6 Å². The molecular formula is C17H26N6. The number of aryl methyl sites for hydroxylation is 2. The van der Waals surface area contributed by atoms with Gasteiger partial charge in [-0.05, 0) is 32.3 Å². The van der Waals surface area contributed by atoms with E-state index in [0.29, 0.717) is 6.54 Å². The molecule has 0 amide bonds. The highest BCUT2D eigenvalue weighted by molar-refractivity contribution is 5.79. The molecule has 0 atom stereocenters. The van der Waals surface area contributed by atoms with Crippen LogP contribution in [0.2, 0.25) is 0 Å². The lowest BCUT2D eigenvalue weighted by atomic mass is 10.1. The summed E-state index contributed by atoms with van der Waals surface area (Å²) in [6.07, 6.45) is 3.88. The Morgan fingerprint density at radius 1 is 1.17 bits per heavy atom. The Hall–Kier alpha value is -2.37. The maximum absolute atomic E-state index is 4.58. The van der Waals surface area contributed by atoms with Crippen molar-refractivity contribution in [2.75, 3.05) is 13.1 Å². The number of nitrogens with one attached hydrogen (secondary N) is 2. The van der Waals surface area contributed by atoms with Gasteiger partial charge in [0.2, 0.25) is 0 Å². The second kappa shape index (κ2) is 9.61. The van der Waals surface area contributed by atoms with Gasteiger partial charge in [0.05, 0.1) is 0 Å². The van der Waals surface area contributed by atoms with Crippen LogP contribution in [0, 0.1) is 0 Å². The van der Waals surface area contributed by atoms with E-state index >= 15 is 0 Å². The second-order valence-electron chi connectivity index (χ2n) is 5.24. The lowest BCUT2D eigenvalue weighted by molar-refractivity contribution is 0.691. The minimum absolute atomic E-state index is 0.530. The fraction of sp³-hybridized carbons (Fsp3) is 0.471. The summed E-state index contributed by atoms with van der Waals surface area (Å²) >= 11 is 0. The average molecular weight is 314 g/mol. The van der Waals surface area contributed by atoms with E-state index in [1.54, 1.807) is 6.33 Å². The van der Waals surface area contributed by atoms with Gasteiger partial charge in [-0.25, -0.2) is 4.99 Å². The predicted octanol–water partition coefficient (Wildman–Crippen LogP) is 1.99. The van der Waals surface area contributed by atoms with Crippen molar-refractivity contribution in [1.82, 2.24) is 25.4 Å². The maximum Gasteiger partial charge on any atom is 0.191 e. The molecule has 0 radical (unpaired) electrons. The Labute approximate surface area is 138 Å². The lowest BCUT2D eigenvalue weighted by Crippen LogP contribution is -2.38. The minimum atomic E-state index is 0.530. The van der Waals surface area contributed by atoms with Crippen LogP contribution in [-0.2, 0) is 19.5 Å². The van der Waals surface area contributed by atoms with Crippen LogP contribution in [0.1, 0.15) is 31.7 Å². The molecular weight excluding hydrogens is 288 g/mol. The molecule has 0 saturated heterocycles. The Morgan fingerprint density at radius 2 is 2.00 bits per heavy atom. The van der Waals surface area contributed by atoms with Gasteiger partial charge in [-0.15, -0.1) is 10.2 Å². The average Bonchev–Trinajstić information content (AvgIpc) is 3.05. The van der Waals surface area contributed by atoms with Crippen LogP contribution in [0.4, 0.5) is 0 Å². The fourth-order valence-electron chi connectivity index (χ4n) is 2.30. The van der Waals surface area contributed by atoms with Crippen molar-refractivity contribution >= 4 is 5.96 Å². The molecule has 1 aromatic heterocycles. The van der Waals surface area contributed by atoms with Crippen LogP contribution < -0.4 is 10.6 Å². The summed E-state index contributed by atoms with van der Waals surface area (Å²) in [5, 5.41) is 14.7. The van der Waals surface area contributed by atoms with Gasteiger partial charge in [0.15, 0.2) is 11.8 Å². The van der Waals surface area contributed by atoms with Gasteiger partial charge in [-0.3, -0.25) is 0 Å². The van der Waals surface area contributed by atoms with Crippen molar-refractivity contribution in [1.29, 1.82) is 0 Å². The highest BCUT2D eigenvalue weighted by Gasteiger charge is 2.03. The number of hydrogen-bond donors (Lipinski definition) is 2. The van der Waals surface area contributed by atoms with Crippen molar-refractivity contribution < 1.29 is 0 Å². The van der Waals surface area contributed by atoms with Gasteiger partial charge < -0.3 is 15.2 Å². The van der Waals surface area contributed by atoms with Gasteiger partial charge in [-0.2, -0.15) is 0 Å². The molecule has 2 N–H and O–H groups in total. The first-order chi connectivity index (χ1) is 11.3. The van der Waals surface area contributed by atoms with Crippen molar-refractivity contribution in [3.8, 4) is 0 Å². The molecule has 0 fully saturated rings. The molecule has 6 nitrogen and oxygen atoms in total. The van der Waals surface area contributed by atoms with Crippen molar-refractivity contribution in [3.05, 3.63) is 48.0 Å². The van der Waals surface area contributed by atoms with Crippen molar-refractivity contribution in [3.63, 3.8) is 0 Å². The van der Waals surface area contributed by atoms with E-state index in [9.17, 15) is 0 Å². The fourth-order valence-corrected chi connectivity index (χ4v) is 2.30. The Bertz CT molecular complexity index is 590. The van der Waals surface area contributed by atoms with Gasteiger partial charge in [-0.1, -0.05) is 30.3 Å². The molecule has 0 saturated carbocycles. The molecule has 0 aliphatic carbocycles. The molecule has 23 heavy (non-hydrogen) atoms. The van der Waals surface area contributed by atoms with Gasteiger partial charge in [0.25, 0.3) is 0 Å². The van der Waals surface area contributed by atoms with Gasteiger partial charge in [0.1, 0.15) is 12.9 Å². The highest BCUT2D eigenvalue weighted by Crippen LogP contribution is 2.01. The summed E-state index contributed by atoms with van der Waals surface area (Å²) in [5.41, 5.74) is 1.37. The Kier molecular flexibility index (Phi) is 7.10. The number of rotatable bonds is 8. The molecule has 2 aromatic rings. The molecule has 0 spiro atoms. The molecule has 0 aliphatic heterocycles. The quantitative estimate of drug-likeness (QED) is 0.444. The zero-order valence-electron chi connectivity index (χ0n) is 14.0. The number of hydrogen-bond acceptors (Lipinski definition) is 3. The van der Waals surface area contributed by atoms with Gasteiger partial charge >= 0.3 is 0 Å². The third kappa shape index (κ3) is 5.73. The largest absolute Gasteiger partial charge is 0.357 e. The number of nitrogens with zero attached hydrogens (tertiary/aromatic N) is 4. The molecule has 1 aromatic carbocycles. The number of benzene rings is 1. The van der Waals surface area contributed by atoms with Crippen LogP contribution in [0.5, 0.6) is 0 Å². The summed E-state index contributed by atoms with van der Waals surface area (Å²) in [5.74, 6) is 1.71. The Balaban J connectivity index is 1.80. The molecule has 1 heterocycles. The van der Waals surface area contributed by atoms with E-state index in [1.807, 2.05) is 10.6 Å². The first-order valence-corrected chi connectivity index (χ1v) is 8.26. The van der Waals surface area contributed by atoms with E-state index in [-0.39, 0.29) is 0 Å². The summed E-state index contributed by atoms with van der Waals surface area (Å²) in [6.45, 7) is 7.26. The normalized spacial score (nSPS) is 11.5. The molecule has 2 rings (SSSR count). The third-order valence-corrected chi connectivity index (χ3v) is 3.54. The number of aromatic nitrogens is 3. The summed E-state index contributed by atoms with van der Waals surface area (Å²) in [6, 6.07) is 10.5. The molecule has 0 aliphatic rings. The molecule has 6 heteroatoms. The summed E-state index contributed by atoms with van der Waals surface area (Å²) in [4.78, 5) is 4.58. The van der Waals surface area contributed by atoms with E-state index in [4.69, 9.17) is 0 Å². The SMILES string of the molecule is CCNC(=NCc1nncn1CC)NCCCc1ccccc1. The smallest absolute Gasteiger partial charge is 0.191 e. The first-order valence-electron chi connectivity index (χ1n) is 8.26. The third-order valence-electron chi connectivity index (χ3n) is 3.54. The number of aliphatic imine (C=N–C) groups is 1. The summed E-state index contributed by atoms with van der Waals surface area (Å²) < 4.78 is 2.00. The van der Waals surface area contributed by atoms with E-state index < -0.39 is 0 Å². The topological polar surface area (TPSA) is 67.1 Å². The monoisotopic (exact) mass is 314 g/mol. The Morgan fingerprint density at radius 3 is 2.74 bits per heavy atom. The molecule has 0 bridgehead atoms. The van der Waals surface area contributed by atoms with E-state index in [1.165, 1.54) is 5.56 Å². The molecule has 124 valence electrons. The van der Waals surface area contributed by atoms with E-state index in [2.05, 4.69) is 63.9 Å². The van der Waals surface area contributed by atoms with Crippen LogP contribution in [0.25, 0.3) is 0 Å². The molecule has 0 unspecified atom stereocenters. The maximum atomic E-state index is 4.58. The lowest BCUT2D eigenvalue weighted by Gasteiger charge is -2.11. The van der Waals surface area contributed by atoms with Crippen molar-refractivity contribution in [2.45, 2.75) is 39.8 Å². The first kappa shape index (κ1) is 17.0. The van der Waals surface area contributed by atoms with E-state index in [0.717, 1.165) is 44.3 Å². The standard InChI is InChI=1S/C17H26N6/c1-3-18-17(20-13-16-22-21-14-23(16)4-2)19-12-8-11-15-9-6-5-7-10-15/h5-7,9-10,14H,3-4,8,11-13H2,1-2H3,(H2,18,19,20). The van der Waals surface area contributed by atoms with Crippen LogP contribution in [-0.4, -0.2) is 33.8 Å². The zero-order valence-corrected chi connectivity index (χ0v) is 14.0. The highest BCUT2D eigenvalue weighted by atomic mass is 15.3. The van der Waals surface area contributed by atoms with Crippen LogP contribution in [0.3, 0.4) is 0 Å². The second-order valence-corrected chi connectivity index (χ2v) is 5.24. The predicted molar refractivity (Wildman–Crippen MR) is 93.3 cm³/mol. The van der Waals surface area contributed by atoms with Crippen LogP contribution >= 0.6 is 0 Å². The number of guanidine groups is 1. The zero-order chi connectivity index (χ0) is 16.3. The van der Waals surface area contributed by atoms with Crippen molar-refractivity contribution in [2.24, 2.45) is 4.99 Å². The summed E-state index contributed by atoms with van der Waals surface area (Å²) in [7, 11) is 0. The van der Waals surface area contributed by atoms with Crippen LogP contribution in [0.15, 0.2) is 41.7 Å². The minimum Gasteiger partial charge on any atom is -0.357 e.